The summed E-state index contributed by atoms with van der Waals surface area (Å²) in [5.41, 5.74) is -6.77. The van der Waals surface area contributed by atoms with Crippen LogP contribution in [0.4, 0.5) is 0 Å². The third-order valence-corrected chi connectivity index (χ3v) is 27.2. The van der Waals surface area contributed by atoms with Gasteiger partial charge in [-0.2, -0.15) is 0 Å². The van der Waals surface area contributed by atoms with E-state index in [0.717, 1.165) is 5.57 Å². The maximum Gasteiger partial charge on any atom is 0.317 e. The largest absolute Gasteiger partial charge is 0.432 e. The summed E-state index contributed by atoms with van der Waals surface area (Å²) >= 11 is 0. The second-order valence-electron chi connectivity index (χ2n) is 33.7. The molecule has 42 atom stereocenters. The zero-order valence-corrected chi connectivity index (χ0v) is 60.8. The Morgan fingerprint density at radius 2 is 1.07 bits per heavy atom. The summed E-state index contributed by atoms with van der Waals surface area (Å²) in [6.07, 6.45) is -51.4. The Morgan fingerprint density at radius 1 is 0.514 bits per heavy atom. The third-order valence-electron chi connectivity index (χ3n) is 27.2. The smallest absolute Gasteiger partial charge is 0.317 e. The van der Waals surface area contributed by atoms with Crippen LogP contribution < -0.4 is 0 Å². The monoisotopic (exact) mass is 1550 g/mol. The fraction of sp³-hybridized carbons (Fsp3) is 0.957. The van der Waals surface area contributed by atoms with E-state index in [-0.39, 0.29) is 37.0 Å². The molecule has 0 bridgehead atoms. The highest BCUT2D eigenvalue weighted by Crippen LogP contribution is 2.76. The van der Waals surface area contributed by atoms with Gasteiger partial charge in [0, 0.05) is 5.41 Å². The third kappa shape index (κ3) is 14.5. The van der Waals surface area contributed by atoms with Gasteiger partial charge in [0.05, 0.1) is 77.3 Å². The molecule has 0 radical (unpaired) electrons. The molecular weight excluding hydrogens is 1430 g/mol. The number of hydrogen-bond donors (Lipinski definition) is 22. The molecule has 7 heterocycles. The average Bonchev–Trinajstić information content (AvgIpc) is 0.796. The lowest BCUT2D eigenvalue weighted by atomic mass is 9.32. The zero-order valence-electron chi connectivity index (χ0n) is 60.8. The standard InChI is InChI=1S/C70H114O37/c1-8-68(23-72)36-11-12-66(6)35(65(36,5)16-29(74)55(68)106-60-48(88)44(84)41(81)34(102-60)22-97-57-47(87)43(83)40(80)33(101-57)21-96-56-46(86)42(82)39(79)32(18-71)100-56)10-9-27-28-15-64(3,4)13-14-70(28,37(77)17-67(27,66)7)63(92)107-61-53(38(78)30(75)19-95-61)105-59-49(89)45(85)51(26(2)99-59)103-58-50(90)52(31(76)20-94-58)104-62-54(91)69(93,24-73)25-98-62/h9,26,28-62,71-91,93H,8,10-25H2,1-7H3/t26-,28-,29-,30-,31+,32+,33+,34+,35+,36+,37+,38-,39+,40+,41+,42-,43-,44-,45-,46+,47+,48+,49+,50+,51-,52-,53+,54-,55-,56+,57+,58-,59-,60-,61-,62-,65+,66+,67+,68-,69+,70+/m0/s1. The summed E-state index contributed by atoms with van der Waals surface area (Å²) in [6.45, 7) is 8.54. The summed E-state index contributed by atoms with van der Waals surface area (Å²) < 4.78 is 82.0. The summed E-state index contributed by atoms with van der Waals surface area (Å²) in [5.74, 6) is -2.21. The molecule has 22 N–H and O–H groups in total. The van der Waals surface area contributed by atoms with Crippen LogP contribution in [0.2, 0.25) is 0 Å². The molecule has 4 saturated carbocycles. The molecule has 11 fully saturated rings. The lowest BCUT2D eigenvalue weighted by Crippen LogP contribution is -2.71. The predicted molar refractivity (Wildman–Crippen MR) is 350 cm³/mol. The molecular formula is C70H114O37. The number of carbonyl (C=O) groups excluding carboxylic acids is 1. The number of carbonyl (C=O) groups is 1. The first-order valence-corrected chi connectivity index (χ1v) is 37.3. The molecule has 0 aromatic heterocycles. The second-order valence-corrected chi connectivity index (χ2v) is 33.7. The lowest BCUT2D eigenvalue weighted by molar-refractivity contribution is -0.372. The topological polar surface area (TPSA) is 591 Å². The van der Waals surface area contributed by atoms with Crippen molar-refractivity contribution in [3.05, 3.63) is 11.6 Å². The first kappa shape index (κ1) is 84.2. The zero-order chi connectivity index (χ0) is 78.1. The Bertz CT molecular complexity index is 3040. The van der Waals surface area contributed by atoms with Gasteiger partial charge in [0.2, 0.25) is 6.29 Å². The molecule has 7 aliphatic heterocycles. The highest BCUT2D eigenvalue weighted by atomic mass is 16.8. The number of fused-ring (bicyclic) bond motifs is 7. The van der Waals surface area contributed by atoms with Gasteiger partial charge in [-0.15, -0.1) is 0 Å². The molecule has 37 nitrogen and oxygen atoms in total. The summed E-state index contributed by atoms with van der Waals surface area (Å²) in [4.78, 5) is 15.6. The van der Waals surface area contributed by atoms with Crippen molar-refractivity contribution in [1.82, 2.24) is 0 Å². The normalized spacial score (nSPS) is 54.9. The molecule has 616 valence electrons. The molecule has 0 spiro atoms. The van der Waals surface area contributed by atoms with E-state index in [1.165, 1.54) is 6.92 Å². The van der Waals surface area contributed by atoms with E-state index in [2.05, 4.69) is 40.7 Å². The van der Waals surface area contributed by atoms with Crippen molar-refractivity contribution in [1.29, 1.82) is 0 Å². The van der Waals surface area contributed by atoms with Gasteiger partial charge in [-0.25, -0.2) is 0 Å². The molecule has 0 aromatic rings. The fourth-order valence-electron chi connectivity index (χ4n) is 20.5. The number of rotatable bonds is 20. The van der Waals surface area contributed by atoms with Crippen molar-refractivity contribution in [2.75, 3.05) is 52.9 Å². The maximum absolute atomic E-state index is 15.6. The van der Waals surface area contributed by atoms with E-state index in [1.807, 2.05) is 6.92 Å². The van der Waals surface area contributed by atoms with E-state index in [1.54, 1.807) is 0 Å². The minimum Gasteiger partial charge on any atom is -0.432 e. The summed E-state index contributed by atoms with van der Waals surface area (Å²) in [5, 5.41) is 244. The van der Waals surface area contributed by atoms with Gasteiger partial charge in [0.1, 0.15) is 139 Å². The predicted octanol–water partition coefficient (Wildman–Crippen LogP) is -8.31. The van der Waals surface area contributed by atoms with E-state index < -0.39 is 306 Å². The van der Waals surface area contributed by atoms with Crippen LogP contribution in [0, 0.1) is 50.2 Å². The van der Waals surface area contributed by atoms with Crippen molar-refractivity contribution < 1.29 is 183 Å². The quantitative estimate of drug-likeness (QED) is 0.0306. The van der Waals surface area contributed by atoms with Crippen LogP contribution in [-0.4, -0.2) is 380 Å². The number of allylic oxidation sites excluding steroid dienone is 2. The van der Waals surface area contributed by atoms with Gasteiger partial charge in [0.25, 0.3) is 0 Å². The van der Waals surface area contributed by atoms with Crippen LogP contribution in [0.3, 0.4) is 0 Å². The molecule has 5 aliphatic carbocycles. The molecule has 0 amide bonds. The number of aliphatic hydroxyl groups excluding tert-OH is 21. The van der Waals surface area contributed by atoms with E-state index >= 15 is 4.79 Å². The van der Waals surface area contributed by atoms with Crippen molar-refractivity contribution >= 4 is 5.97 Å². The Labute approximate surface area is 616 Å². The highest BCUT2D eigenvalue weighted by Gasteiger charge is 2.74. The molecule has 12 aliphatic rings. The van der Waals surface area contributed by atoms with Crippen LogP contribution in [-0.2, 0) is 71.1 Å². The van der Waals surface area contributed by atoms with Crippen LogP contribution in [0.5, 0.6) is 0 Å². The van der Waals surface area contributed by atoms with Gasteiger partial charge >= 0.3 is 5.97 Å². The van der Waals surface area contributed by atoms with Crippen LogP contribution in [0.25, 0.3) is 0 Å². The number of esters is 1. The van der Waals surface area contributed by atoms with Gasteiger partial charge in [-0.05, 0) is 104 Å². The highest BCUT2D eigenvalue weighted by molar-refractivity contribution is 5.80. The van der Waals surface area contributed by atoms with Gasteiger partial charge in [-0.1, -0.05) is 53.2 Å². The minimum atomic E-state index is -2.10. The summed E-state index contributed by atoms with van der Waals surface area (Å²) in [6, 6.07) is 0. The molecule has 107 heavy (non-hydrogen) atoms. The number of ether oxygens (including phenoxy) is 14. The Hall–Kier alpha value is -2.19. The van der Waals surface area contributed by atoms with Gasteiger partial charge in [-0.3, -0.25) is 4.79 Å². The van der Waals surface area contributed by atoms with Crippen LogP contribution in [0.15, 0.2) is 11.6 Å². The first-order chi connectivity index (χ1) is 50.3. The van der Waals surface area contributed by atoms with Gasteiger partial charge in [0.15, 0.2) is 43.8 Å². The van der Waals surface area contributed by atoms with E-state index in [4.69, 9.17) is 66.3 Å². The Morgan fingerprint density at radius 3 is 1.66 bits per heavy atom. The van der Waals surface area contributed by atoms with Crippen molar-refractivity contribution in [2.24, 2.45) is 50.2 Å². The molecule has 0 aromatic carbocycles. The number of aliphatic hydroxyl groups is 22. The van der Waals surface area contributed by atoms with Crippen LogP contribution in [0.1, 0.15) is 106 Å². The number of hydrogen-bond acceptors (Lipinski definition) is 37. The fourth-order valence-corrected chi connectivity index (χ4v) is 20.5. The first-order valence-electron chi connectivity index (χ1n) is 37.3. The van der Waals surface area contributed by atoms with Gasteiger partial charge < -0.3 is 179 Å². The van der Waals surface area contributed by atoms with E-state index in [9.17, 15) is 112 Å². The Kier molecular flexibility index (Phi) is 25.0. The summed E-state index contributed by atoms with van der Waals surface area (Å²) in [7, 11) is 0. The molecule has 12 rings (SSSR count). The molecule has 7 saturated heterocycles. The van der Waals surface area contributed by atoms with E-state index in [0.29, 0.717) is 32.1 Å². The van der Waals surface area contributed by atoms with Crippen molar-refractivity contribution in [2.45, 2.75) is 315 Å². The second kappa shape index (κ2) is 31.8. The van der Waals surface area contributed by atoms with Crippen molar-refractivity contribution in [3.63, 3.8) is 0 Å². The minimum absolute atomic E-state index is 0.0504. The van der Waals surface area contributed by atoms with Crippen molar-refractivity contribution in [3.8, 4) is 0 Å². The average molecular weight is 1550 g/mol. The van der Waals surface area contributed by atoms with Crippen LogP contribution >= 0.6 is 0 Å². The lowest BCUT2D eigenvalue weighted by Gasteiger charge is -2.72. The molecule has 37 heteroatoms. The SMILES string of the molecule is CC[C@]1(CO)[C@@H]2CC[C@]3(C)[C@H](CC=C4[C@@H]5CC(C)(C)CC[C@]5(C(=O)O[C@@H]5OC[C@H](O)[C@H](O)[C@H]5O[C@@H]5O[C@@H](C)[C@H](O[C@@H]6OC[C@@H](O)[C@H](O[C@@H]7OC[C@](O)(CO)[C@H]7O)[C@H]6O)[C@@H](O)[C@H]5O)[C@H](O)C[C@]43C)[C@@]2(C)C[C@H](O)[C@@H]1O[C@@H]1O[C@H](CO[C@@H]2O[C@H](CO[C@@H]3O[C@H](CO)[C@@H](O)[C@H](O)[C@H]3O)[C@@H](O)[C@H](O)[C@H]2O)[C@@H](O)[C@H](O)[C@H]1O. The Balaban J connectivity index is 0.725. The maximum atomic E-state index is 15.6. The molecule has 0 unspecified atom stereocenters.